The van der Waals surface area contributed by atoms with Gasteiger partial charge in [-0.25, -0.2) is 17.2 Å². The van der Waals surface area contributed by atoms with Crippen LogP contribution in [0.1, 0.15) is 30.6 Å². The van der Waals surface area contributed by atoms with Crippen molar-refractivity contribution in [3.05, 3.63) is 29.3 Å². The Morgan fingerprint density at radius 3 is 2.42 bits per heavy atom. The van der Waals surface area contributed by atoms with E-state index in [1.807, 2.05) is 0 Å². The maximum atomic E-state index is 13.5. The van der Waals surface area contributed by atoms with Crippen molar-refractivity contribution in [1.82, 2.24) is 5.32 Å². The van der Waals surface area contributed by atoms with E-state index in [4.69, 9.17) is 10.7 Å². The van der Waals surface area contributed by atoms with E-state index >= 15 is 0 Å². The van der Waals surface area contributed by atoms with Gasteiger partial charge in [0, 0.05) is 22.8 Å². The summed E-state index contributed by atoms with van der Waals surface area (Å²) in [5, 5.41) is 2.45. The van der Waals surface area contributed by atoms with Crippen molar-refractivity contribution >= 4 is 25.6 Å². The lowest BCUT2D eigenvalue weighted by atomic mass is 10.1. The summed E-state index contributed by atoms with van der Waals surface area (Å²) in [6.45, 7) is 3.50. The van der Waals surface area contributed by atoms with Crippen LogP contribution < -0.4 is 5.32 Å². The minimum Gasteiger partial charge on any atom is -0.350 e. The molecule has 1 aromatic carbocycles. The Morgan fingerprint density at radius 1 is 1.37 bits per heavy atom. The Bertz CT molecular complexity index is 604. The molecule has 0 bridgehead atoms. The molecule has 0 saturated heterocycles. The molecule has 19 heavy (non-hydrogen) atoms. The van der Waals surface area contributed by atoms with Crippen LogP contribution in [0.25, 0.3) is 0 Å². The number of amides is 1. The standard InChI is InChI=1S/C11H12ClF2NO3S/c1-3-6(2)15-11(16)7-4-10(19(12,17)18)9(14)5-8(7)13/h4-6H,3H2,1-2H3,(H,15,16). The summed E-state index contributed by atoms with van der Waals surface area (Å²) in [7, 11) is 0.614. The molecule has 106 valence electrons. The SMILES string of the molecule is CCC(C)NC(=O)c1cc(S(=O)(=O)Cl)c(F)cc1F. The third-order valence-electron chi connectivity index (χ3n) is 2.52. The predicted molar refractivity (Wildman–Crippen MR) is 66.6 cm³/mol. The number of rotatable bonds is 4. The topological polar surface area (TPSA) is 63.2 Å². The summed E-state index contributed by atoms with van der Waals surface area (Å²) in [6, 6.07) is 0.680. The number of halogens is 3. The van der Waals surface area contributed by atoms with Gasteiger partial charge in [-0.05, 0) is 19.4 Å². The van der Waals surface area contributed by atoms with Crippen LogP contribution in [0, 0.1) is 11.6 Å². The number of carbonyl (C=O) groups is 1. The molecule has 0 heterocycles. The van der Waals surface area contributed by atoms with Crippen molar-refractivity contribution in [2.45, 2.75) is 31.2 Å². The van der Waals surface area contributed by atoms with E-state index in [0.717, 1.165) is 0 Å². The highest BCUT2D eigenvalue weighted by Gasteiger charge is 2.23. The number of benzene rings is 1. The Morgan fingerprint density at radius 2 is 1.95 bits per heavy atom. The number of hydrogen-bond donors (Lipinski definition) is 1. The van der Waals surface area contributed by atoms with Crippen LogP contribution in [-0.2, 0) is 9.05 Å². The molecule has 1 atom stereocenters. The molecule has 0 spiro atoms. The molecular formula is C11H12ClF2NO3S. The highest BCUT2D eigenvalue weighted by molar-refractivity contribution is 8.13. The van der Waals surface area contributed by atoms with Gasteiger partial charge in [-0.2, -0.15) is 0 Å². The molecule has 0 saturated carbocycles. The average Bonchev–Trinajstić information content (AvgIpc) is 2.26. The molecule has 1 aromatic rings. The molecule has 0 aromatic heterocycles. The fourth-order valence-electron chi connectivity index (χ4n) is 1.29. The van der Waals surface area contributed by atoms with Gasteiger partial charge < -0.3 is 5.32 Å². The smallest absolute Gasteiger partial charge is 0.264 e. The molecule has 0 aliphatic carbocycles. The van der Waals surface area contributed by atoms with Gasteiger partial charge in [-0.3, -0.25) is 4.79 Å². The molecule has 1 amide bonds. The van der Waals surface area contributed by atoms with Crippen molar-refractivity contribution in [3.63, 3.8) is 0 Å². The largest absolute Gasteiger partial charge is 0.350 e. The molecule has 1 unspecified atom stereocenters. The van der Waals surface area contributed by atoms with E-state index in [9.17, 15) is 22.0 Å². The fraction of sp³-hybridized carbons (Fsp3) is 0.364. The van der Waals surface area contributed by atoms with E-state index in [2.05, 4.69) is 5.32 Å². The second kappa shape index (κ2) is 5.83. The molecule has 0 aliphatic rings. The van der Waals surface area contributed by atoms with Crippen LogP contribution in [0.4, 0.5) is 8.78 Å². The molecule has 1 rings (SSSR count). The molecular weight excluding hydrogens is 300 g/mol. The zero-order chi connectivity index (χ0) is 14.8. The van der Waals surface area contributed by atoms with Crippen molar-refractivity contribution < 1.29 is 22.0 Å². The van der Waals surface area contributed by atoms with Crippen molar-refractivity contribution in [1.29, 1.82) is 0 Å². The maximum Gasteiger partial charge on any atom is 0.264 e. The summed E-state index contributed by atoms with van der Waals surface area (Å²) in [4.78, 5) is 10.8. The Balaban J connectivity index is 3.26. The first-order chi connectivity index (χ1) is 8.66. The van der Waals surface area contributed by atoms with Gasteiger partial charge in [0.1, 0.15) is 16.5 Å². The van der Waals surface area contributed by atoms with E-state index < -0.39 is 37.1 Å². The van der Waals surface area contributed by atoms with Crippen molar-refractivity contribution in [2.75, 3.05) is 0 Å². The van der Waals surface area contributed by atoms with Crippen LogP contribution >= 0.6 is 10.7 Å². The molecule has 0 fully saturated rings. The van der Waals surface area contributed by atoms with Crippen LogP contribution in [0.2, 0.25) is 0 Å². The number of hydrogen-bond acceptors (Lipinski definition) is 3. The minimum atomic E-state index is -4.39. The second-order valence-corrected chi connectivity index (χ2v) is 6.52. The van der Waals surface area contributed by atoms with E-state index in [-0.39, 0.29) is 6.04 Å². The van der Waals surface area contributed by atoms with Gasteiger partial charge in [-0.15, -0.1) is 0 Å². The Kier molecular flexibility index (Phi) is 4.86. The molecule has 0 aliphatic heterocycles. The molecule has 1 N–H and O–H groups in total. The van der Waals surface area contributed by atoms with Gasteiger partial charge in [-0.1, -0.05) is 6.92 Å². The lowest BCUT2D eigenvalue weighted by Gasteiger charge is -2.12. The summed E-state index contributed by atoms with van der Waals surface area (Å²) < 4.78 is 48.9. The van der Waals surface area contributed by atoms with Crippen LogP contribution in [0.5, 0.6) is 0 Å². The monoisotopic (exact) mass is 311 g/mol. The lowest BCUT2D eigenvalue weighted by Crippen LogP contribution is -2.32. The Hall–Kier alpha value is -1.21. The number of nitrogens with one attached hydrogen (secondary N) is 1. The van der Waals surface area contributed by atoms with Crippen molar-refractivity contribution in [3.8, 4) is 0 Å². The van der Waals surface area contributed by atoms with Gasteiger partial charge in [0.05, 0.1) is 5.56 Å². The highest BCUT2D eigenvalue weighted by Crippen LogP contribution is 2.22. The molecule has 8 heteroatoms. The first kappa shape index (κ1) is 15.8. The molecule has 4 nitrogen and oxygen atoms in total. The summed E-state index contributed by atoms with van der Waals surface area (Å²) >= 11 is 0. The van der Waals surface area contributed by atoms with Crippen molar-refractivity contribution in [2.24, 2.45) is 0 Å². The average molecular weight is 312 g/mol. The van der Waals surface area contributed by atoms with E-state index in [1.165, 1.54) is 0 Å². The minimum absolute atomic E-state index is 0.229. The first-order valence-electron chi connectivity index (χ1n) is 5.41. The third kappa shape index (κ3) is 3.87. The summed E-state index contributed by atoms with van der Waals surface area (Å²) in [5.41, 5.74) is -0.569. The van der Waals surface area contributed by atoms with E-state index in [0.29, 0.717) is 18.6 Å². The second-order valence-electron chi connectivity index (χ2n) is 3.98. The van der Waals surface area contributed by atoms with Gasteiger partial charge in [0.25, 0.3) is 15.0 Å². The number of carbonyl (C=O) groups excluding carboxylic acids is 1. The lowest BCUT2D eigenvalue weighted by molar-refractivity contribution is 0.0935. The summed E-state index contributed by atoms with van der Waals surface area (Å²) in [5.74, 6) is -3.32. The maximum absolute atomic E-state index is 13.5. The normalized spacial score (nSPS) is 13.1. The first-order valence-corrected chi connectivity index (χ1v) is 7.72. The van der Waals surface area contributed by atoms with E-state index in [1.54, 1.807) is 13.8 Å². The van der Waals surface area contributed by atoms with Gasteiger partial charge in [0.15, 0.2) is 0 Å². The Labute approximate surface area is 114 Å². The van der Waals surface area contributed by atoms with Crippen LogP contribution in [-0.4, -0.2) is 20.4 Å². The zero-order valence-corrected chi connectivity index (χ0v) is 11.8. The molecule has 0 radical (unpaired) electrons. The van der Waals surface area contributed by atoms with Crippen LogP contribution in [0.3, 0.4) is 0 Å². The quantitative estimate of drug-likeness (QED) is 0.869. The fourth-order valence-corrected chi connectivity index (χ4v) is 2.20. The third-order valence-corrected chi connectivity index (χ3v) is 3.86. The zero-order valence-electron chi connectivity index (χ0n) is 10.2. The summed E-state index contributed by atoms with van der Waals surface area (Å²) in [6.07, 6.45) is 0.606. The van der Waals surface area contributed by atoms with Gasteiger partial charge in [0.2, 0.25) is 0 Å². The van der Waals surface area contributed by atoms with Gasteiger partial charge >= 0.3 is 0 Å². The van der Waals surface area contributed by atoms with Crippen LogP contribution in [0.15, 0.2) is 17.0 Å². The predicted octanol–water partition coefficient (Wildman–Crippen LogP) is 2.42. The highest BCUT2D eigenvalue weighted by atomic mass is 35.7.